The van der Waals surface area contributed by atoms with Crippen LogP contribution in [-0.4, -0.2) is 14.3 Å². The molecule has 0 atom stereocenters. The van der Waals surface area contributed by atoms with E-state index in [0.717, 1.165) is 0 Å². The van der Waals surface area contributed by atoms with Gasteiger partial charge in [0.1, 0.15) is 4.91 Å². The highest BCUT2D eigenvalue weighted by atomic mass is 35.5. The Balaban J connectivity index is 2.06. The van der Waals surface area contributed by atoms with E-state index >= 15 is 0 Å². The van der Waals surface area contributed by atoms with Gasteiger partial charge in [-0.25, -0.2) is 8.42 Å². The lowest BCUT2D eigenvalue weighted by molar-refractivity contribution is -0.112. The first-order valence-corrected chi connectivity index (χ1v) is 9.97. The van der Waals surface area contributed by atoms with Crippen molar-refractivity contribution in [1.29, 1.82) is 0 Å². The van der Waals surface area contributed by atoms with Gasteiger partial charge in [0.2, 0.25) is 9.84 Å². The van der Waals surface area contributed by atoms with Gasteiger partial charge in [0.05, 0.1) is 4.90 Å². The molecule has 3 aromatic rings. The fraction of sp³-hybridized carbons (Fsp3) is 0. The summed E-state index contributed by atoms with van der Waals surface area (Å²) in [6, 6.07) is 23.1. The number of carbonyl (C=O) groups excluding carboxylic acids is 1. The summed E-state index contributed by atoms with van der Waals surface area (Å²) in [4.78, 5) is 12.5. The third-order valence-corrected chi connectivity index (χ3v) is 5.79. The van der Waals surface area contributed by atoms with E-state index in [1.165, 1.54) is 18.2 Å². The van der Waals surface area contributed by atoms with Crippen molar-refractivity contribution in [1.82, 2.24) is 0 Å². The number of rotatable bonds is 5. The fourth-order valence-corrected chi connectivity index (χ4v) is 3.90. The predicted molar refractivity (Wildman–Crippen MR) is 108 cm³/mol. The van der Waals surface area contributed by atoms with Crippen molar-refractivity contribution in [3.63, 3.8) is 0 Å². The zero-order chi connectivity index (χ0) is 19.3. The normalized spacial score (nSPS) is 11.8. The van der Waals surface area contributed by atoms with Crippen molar-refractivity contribution < 1.29 is 13.2 Å². The van der Waals surface area contributed by atoms with Gasteiger partial charge < -0.3 is 5.32 Å². The average Bonchev–Trinajstić information content (AvgIpc) is 2.68. The van der Waals surface area contributed by atoms with Crippen molar-refractivity contribution >= 4 is 39.1 Å². The number of hydrogen-bond acceptors (Lipinski definition) is 3. The Hall–Kier alpha value is -2.89. The lowest BCUT2D eigenvalue weighted by atomic mass is 10.2. The minimum atomic E-state index is -4.01. The highest BCUT2D eigenvalue weighted by Crippen LogP contribution is 2.24. The molecule has 6 heteroatoms. The van der Waals surface area contributed by atoms with Gasteiger partial charge in [0.25, 0.3) is 5.91 Å². The topological polar surface area (TPSA) is 63.2 Å². The molecule has 136 valence electrons. The van der Waals surface area contributed by atoms with Crippen molar-refractivity contribution in [2.75, 3.05) is 5.32 Å². The van der Waals surface area contributed by atoms with Crippen LogP contribution in [0.25, 0.3) is 6.08 Å². The van der Waals surface area contributed by atoms with Gasteiger partial charge in [0, 0.05) is 10.7 Å². The van der Waals surface area contributed by atoms with Crippen LogP contribution < -0.4 is 5.32 Å². The standard InChI is InChI=1S/C21H16ClNO3S/c22-17-13-11-16(12-14-17)15-20(21(24)23-18-7-3-1-4-8-18)27(25,26)19-9-5-2-6-10-19/h1-15H,(H,23,24)/b20-15+. The van der Waals surface area contributed by atoms with Crippen molar-refractivity contribution in [3.05, 3.63) is 100 Å². The van der Waals surface area contributed by atoms with E-state index < -0.39 is 15.7 Å². The van der Waals surface area contributed by atoms with Crippen LogP contribution >= 0.6 is 11.6 Å². The second-order valence-electron chi connectivity index (χ2n) is 5.70. The lowest BCUT2D eigenvalue weighted by Crippen LogP contribution is -2.21. The first-order chi connectivity index (χ1) is 13.0. The smallest absolute Gasteiger partial charge is 0.267 e. The van der Waals surface area contributed by atoms with E-state index in [1.54, 1.807) is 72.8 Å². The fourth-order valence-electron chi connectivity index (χ4n) is 2.42. The molecule has 0 aliphatic heterocycles. The number of para-hydroxylation sites is 1. The van der Waals surface area contributed by atoms with E-state index in [1.807, 2.05) is 0 Å². The first-order valence-electron chi connectivity index (χ1n) is 8.10. The van der Waals surface area contributed by atoms with Gasteiger partial charge in [-0.15, -0.1) is 0 Å². The van der Waals surface area contributed by atoms with Crippen molar-refractivity contribution in [3.8, 4) is 0 Å². The SMILES string of the molecule is O=C(Nc1ccccc1)/C(=C\c1ccc(Cl)cc1)S(=O)(=O)c1ccccc1. The molecule has 0 aliphatic carbocycles. The van der Waals surface area contributed by atoms with Gasteiger partial charge in [-0.1, -0.05) is 60.1 Å². The number of anilines is 1. The monoisotopic (exact) mass is 397 g/mol. The maximum Gasteiger partial charge on any atom is 0.267 e. The van der Waals surface area contributed by atoms with Crippen LogP contribution in [0.1, 0.15) is 5.56 Å². The van der Waals surface area contributed by atoms with Crippen LogP contribution in [0.2, 0.25) is 5.02 Å². The molecule has 0 fully saturated rings. The van der Waals surface area contributed by atoms with E-state index in [9.17, 15) is 13.2 Å². The van der Waals surface area contributed by atoms with E-state index in [0.29, 0.717) is 16.3 Å². The maximum absolute atomic E-state index is 13.1. The minimum absolute atomic E-state index is 0.0495. The summed E-state index contributed by atoms with van der Waals surface area (Å²) in [6.45, 7) is 0. The Bertz CT molecular complexity index is 1060. The molecular weight excluding hydrogens is 382 g/mol. The summed E-state index contributed by atoms with van der Waals surface area (Å²) < 4.78 is 26.2. The Morgan fingerprint density at radius 3 is 1.96 bits per heavy atom. The quantitative estimate of drug-likeness (QED) is 0.629. The molecule has 0 bridgehead atoms. The molecule has 3 rings (SSSR count). The molecule has 3 aromatic carbocycles. The number of amides is 1. The molecule has 0 saturated carbocycles. The summed E-state index contributed by atoms with van der Waals surface area (Å²) in [6.07, 6.45) is 1.34. The Labute approximate surface area is 163 Å². The molecule has 27 heavy (non-hydrogen) atoms. The van der Waals surface area contributed by atoms with Crippen LogP contribution in [0.4, 0.5) is 5.69 Å². The number of benzene rings is 3. The highest BCUT2D eigenvalue weighted by Gasteiger charge is 2.27. The summed E-state index contributed by atoms with van der Waals surface area (Å²) in [5.41, 5.74) is 1.06. The number of halogens is 1. The maximum atomic E-state index is 13.1. The van der Waals surface area contributed by atoms with Crippen LogP contribution in [-0.2, 0) is 14.6 Å². The largest absolute Gasteiger partial charge is 0.321 e. The van der Waals surface area contributed by atoms with Crippen LogP contribution in [0.5, 0.6) is 0 Å². The van der Waals surface area contributed by atoms with Crippen LogP contribution in [0.3, 0.4) is 0 Å². The molecule has 0 spiro atoms. The second-order valence-corrected chi connectivity index (χ2v) is 8.05. The van der Waals surface area contributed by atoms with E-state index in [4.69, 9.17) is 11.6 Å². The minimum Gasteiger partial charge on any atom is -0.321 e. The van der Waals surface area contributed by atoms with Crippen LogP contribution in [0, 0.1) is 0 Å². The molecule has 0 saturated heterocycles. The molecule has 0 aliphatic rings. The molecule has 4 nitrogen and oxygen atoms in total. The first kappa shape index (κ1) is 18.9. The Morgan fingerprint density at radius 1 is 0.815 bits per heavy atom. The summed E-state index contributed by atoms with van der Waals surface area (Å²) in [5.74, 6) is -0.708. The lowest BCUT2D eigenvalue weighted by Gasteiger charge is -2.11. The summed E-state index contributed by atoms with van der Waals surface area (Å²) >= 11 is 5.89. The summed E-state index contributed by atoms with van der Waals surface area (Å²) in [5, 5.41) is 3.16. The second kappa shape index (κ2) is 8.20. The molecule has 0 unspecified atom stereocenters. The van der Waals surface area contributed by atoms with Crippen molar-refractivity contribution in [2.24, 2.45) is 0 Å². The number of hydrogen-bond donors (Lipinski definition) is 1. The van der Waals surface area contributed by atoms with Gasteiger partial charge in [0.15, 0.2) is 0 Å². The molecule has 0 aromatic heterocycles. The van der Waals surface area contributed by atoms with E-state index in [2.05, 4.69) is 5.32 Å². The molecular formula is C21H16ClNO3S. The highest BCUT2D eigenvalue weighted by molar-refractivity contribution is 7.96. The Kier molecular flexibility index (Phi) is 5.74. The predicted octanol–water partition coefficient (Wildman–Crippen LogP) is 4.79. The van der Waals surface area contributed by atoms with Gasteiger partial charge in [-0.05, 0) is 48.0 Å². The van der Waals surface area contributed by atoms with Crippen LogP contribution in [0.15, 0.2) is 94.7 Å². The van der Waals surface area contributed by atoms with Gasteiger partial charge in [-0.2, -0.15) is 0 Å². The third kappa shape index (κ3) is 4.64. The zero-order valence-electron chi connectivity index (χ0n) is 14.2. The summed E-state index contributed by atoms with van der Waals surface area (Å²) in [7, 11) is -4.01. The van der Waals surface area contributed by atoms with Gasteiger partial charge >= 0.3 is 0 Å². The van der Waals surface area contributed by atoms with E-state index in [-0.39, 0.29) is 9.80 Å². The molecule has 0 radical (unpaired) electrons. The Morgan fingerprint density at radius 2 is 1.37 bits per heavy atom. The number of carbonyl (C=O) groups is 1. The molecule has 1 N–H and O–H groups in total. The van der Waals surface area contributed by atoms with Crippen molar-refractivity contribution in [2.45, 2.75) is 4.90 Å². The van der Waals surface area contributed by atoms with Gasteiger partial charge in [-0.3, -0.25) is 4.79 Å². The molecule has 0 heterocycles. The third-order valence-electron chi connectivity index (χ3n) is 3.77. The number of nitrogens with one attached hydrogen (secondary N) is 1. The molecule has 1 amide bonds. The average molecular weight is 398 g/mol. The zero-order valence-corrected chi connectivity index (χ0v) is 15.7. The number of sulfone groups is 1.